The van der Waals surface area contributed by atoms with Crippen LogP contribution in [-0.2, 0) is 26.4 Å². The second-order valence-corrected chi connectivity index (χ2v) is 8.96. The molecule has 1 rings (SSSR count). The van der Waals surface area contributed by atoms with E-state index in [2.05, 4.69) is 0 Å². The van der Waals surface area contributed by atoms with Crippen LogP contribution in [0.15, 0.2) is 24.3 Å². The molecule has 0 spiro atoms. The minimum atomic E-state index is -4.50. The van der Waals surface area contributed by atoms with E-state index < -0.39 is 37.7 Å². The molecular formula is C15H20F3NaO6S2. The fraction of sp³-hybridized carbons (Fsp3) is 0.600. The minimum absolute atomic E-state index is 0. The van der Waals surface area contributed by atoms with Crippen molar-refractivity contribution < 1.29 is 68.3 Å². The Morgan fingerprint density at radius 3 is 1.70 bits per heavy atom. The molecule has 6 nitrogen and oxygen atoms in total. The molecule has 0 heterocycles. The molecule has 12 heteroatoms. The molecule has 1 aromatic carbocycles. The Balaban J connectivity index is 0.00000676. The molecule has 0 bridgehead atoms. The molecular weight excluding hydrogens is 420 g/mol. The van der Waals surface area contributed by atoms with E-state index >= 15 is 0 Å². The van der Waals surface area contributed by atoms with Crippen LogP contribution in [0.1, 0.15) is 44.1 Å². The van der Waals surface area contributed by atoms with Gasteiger partial charge in [-0.2, -0.15) is 21.6 Å². The maximum absolute atomic E-state index is 12.4. The first-order valence-electron chi connectivity index (χ1n) is 7.92. The molecule has 1 aromatic rings. The molecule has 0 amide bonds. The minimum Gasteiger partial charge on any atom is -0.748 e. The molecule has 0 saturated carbocycles. The van der Waals surface area contributed by atoms with Gasteiger partial charge in [-0.3, -0.25) is 0 Å². The second kappa shape index (κ2) is 11.6. The van der Waals surface area contributed by atoms with Crippen molar-refractivity contribution in [1.82, 2.24) is 0 Å². The number of rotatable bonds is 11. The average molecular weight is 440 g/mol. The molecule has 0 aliphatic rings. The maximum atomic E-state index is 12.4. The van der Waals surface area contributed by atoms with Gasteiger partial charge < -0.3 is 8.74 Å². The van der Waals surface area contributed by atoms with E-state index in [1.807, 2.05) is 0 Å². The largest absolute Gasteiger partial charge is 1.00 e. The third-order valence-corrected chi connectivity index (χ3v) is 5.47. The fourth-order valence-corrected chi connectivity index (χ4v) is 3.76. The Kier molecular flexibility index (Phi) is 11.5. The molecule has 0 atom stereocenters. The van der Waals surface area contributed by atoms with E-state index in [-0.39, 0.29) is 47.5 Å². The second-order valence-electron chi connectivity index (χ2n) is 5.75. The number of benzene rings is 1. The van der Waals surface area contributed by atoms with Gasteiger partial charge >= 0.3 is 45.9 Å². The van der Waals surface area contributed by atoms with Crippen molar-refractivity contribution in [3.8, 4) is 5.75 Å². The topological polar surface area (TPSA) is 101 Å². The van der Waals surface area contributed by atoms with E-state index in [0.29, 0.717) is 32.1 Å². The van der Waals surface area contributed by atoms with Gasteiger partial charge in [0.05, 0.1) is 21.4 Å². The smallest absolute Gasteiger partial charge is 0.748 e. The van der Waals surface area contributed by atoms with Crippen molar-refractivity contribution in [2.45, 2.75) is 44.7 Å². The van der Waals surface area contributed by atoms with Crippen LogP contribution in [0.3, 0.4) is 0 Å². The quantitative estimate of drug-likeness (QED) is 0.212. The summed E-state index contributed by atoms with van der Waals surface area (Å²) in [6.07, 6.45) is -1.43. The van der Waals surface area contributed by atoms with Crippen LogP contribution in [0.4, 0.5) is 13.2 Å². The predicted octanol–water partition coefficient (Wildman–Crippen LogP) is 0.304. The Morgan fingerprint density at radius 2 is 1.26 bits per heavy atom. The van der Waals surface area contributed by atoms with Crippen LogP contribution in [0.2, 0.25) is 0 Å². The van der Waals surface area contributed by atoms with Gasteiger partial charge in [0.2, 0.25) is 0 Å². The van der Waals surface area contributed by atoms with Crippen LogP contribution in [0.5, 0.6) is 5.75 Å². The monoisotopic (exact) mass is 440 g/mol. The Morgan fingerprint density at radius 1 is 0.815 bits per heavy atom. The van der Waals surface area contributed by atoms with Crippen LogP contribution in [0, 0.1) is 0 Å². The summed E-state index contributed by atoms with van der Waals surface area (Å²) in [6, 6.07) is 3.38. The molecule has 0 unspecified atom stereocenters. The Hall–Kier alpha value is -0.330. The summed E-state index contributed by atoms with van der Waals surface area (Å²) < 4.78 is 96.8. The normalized spacial score (nSPS) is 12.4. The first-order chi connectivity index (χ1) is 11.9. The van der Waals surface area contributed by atoms with Crippen LogP contribution >= 0.6 is 0 Å². The van der Waals surface area contributed by atoms with Crippen LogP contribution in [-0.4, -0.2) is 32.9 Å². The number of alkyl halides is 3. The third kappa shape index (κ3) is 12.7. The zero-order chi connectivity index (χ0) is 19.8. The SMILES string of the molecule is O=S(=O)([O-])CCCCCCCCS(=O)(=O)Oc1ccc(C(F)(F)F)cc1.[Na+]. The first-order valence-corrected chi connectivity index (χ1v) is 11.1. The fourth-order valence-electron chi connectivity index (χ4n) is 2.15. The molecule has 0 saturated heterocycles. The number of hydrogen-bond acceptors (Lipinski definition) is 6. The van der Waals surface area contributed by atoms with Crippen molar-refractivity contribution in [3.63, 3.8) is 0 Å². The van der Waals surface area contributed by atoms with Crippen molar-refractivity contribution in [3.05, 3.63) is 29.8 Å². The van der Waals surface area contributed by atoms with E-state index in [9.17, 15) is 34.6 Å². The van der Waals surface area contributed by atoms with Gasteiger partial charge in [0.15, 0.2) is 0 Å². The molecule has 0 fully saturated rings. The van der Waals surface area contributed by atoms with E-state index in [4.69, 9.17) is 4.18 Å². The van der Waals surface area contributed by atoms with Crippen molar-refractivity contribution >= 4 is 20.2 Å². The zero-order valence-electron chi connectivity index (χ0n) is 14.9. The summed E-state index contributed by atoms with van der Waals surface area (Å²) in [6.45, 7) is 0. The summed E-state index contributed by atoms with van der Waals surface area (Å²) in [7, 11) is -8.09. The summed E-state index contributed by atoms with van der Waals surface area (Å²) in [4.78, 5) is 0. The van der Waals surface area contributed by atoms with Gasteiger partial charge in [-0.25, -0.2) is 8.42 Å². The number of halogens is 3. The summed E-state index contributed by atoms with van der Waals surface area (Å²) in [5.74, 6) is -0.859. The van der Waals surface area contributed by atoms with Gasteiger partial charge in [-0.15, -0.1) is 0 Å². The molecule has 0 N–H and O–H groups in total. The van der Waals surface area contributed by atoms with Crippen molar-refractivity contribution in [2.75, 3.05) is 11.5 Å². The Bertz CT molecular complexity index is 762. The number of unbranched alkanes of at least 4 members (excludes halogenated alkanes) is 5. The van der Waals surface area contributed by atoms with Crippen molar-refractivity contribution in [1.29, 1.82) is 0 Å². The standard InChI is InChI=1S/C15H21F3O6S2.Na/c16-15(17,18)13-7-9-14(10-8-13)24-26(22,23)12-6-4-2-1-3-5-11-25(19,20)21;/h7-10H,1-6,11-12H2,(H,19,20,21);/q;+1/p-1. The summed E-state index contributed by atoms with van der Waals surface area (Å²) >= 11 is 0. The average Bonchev–Trinajstić information content (AvgIpc) is 2.48. The molecule has 150 valence electrons. The molecule has 0 radical (unpaired) electrons. The zero-order valence-corrected chi connectivity index (χ0v) is 18.5. The predicted molar refractivity (Wildman–Crippen MR) is 88.1 cm³/mol. The van der Waals surface area contributed by atoms with E-state index in [0.717, 1.165) is 24.3 Å². The number of hydrogen-bond donors (Lipinski definition) is 0. The third-order valence-electron chi connectivity index (χ3n) is 3.44. The summed E-state index contributed by atoms with van der Waals surface area (Å²) in [5, 5.41) is 0. The maximum Gasteiger partial charge on any atom is 1.00 e. The Labute approximate surface area is 179 Å². The van der Waals surface area contributed by atoms with E-state index in [1.54, 1.807) is 0 Å². The van der Waals surface area contributed by atoms with Crippen LogP contribution < -0.4 is 33.7 Å². The summed E-state index contributed by atoms with van der Waals surface area (Å²) in [5.41, 5.74) is -0.896. The molecule has 0 aliphatic heterocycles. The van der Waals surface area contributed by atoms with E-state index in [1.165, 1.54) is 0 Å². The first kappa shape index (κ1) is 26.7. The molecule has 0 aliphatic carbocycles. The molecule has 0 aromatic heterocycles. The van der Waals surface area contributed by atoms with Crippen molar-refractivity contribution in [2.24, 2.45) is 0 Å². The van der Waals surface area contributed by atoms with Gasteiger partial charge in [0.1, 0.15) is 5.75 Å². The van der Waals surface area contributed by atoms with Gasteiger partial charge in [-0.1, -0.05) is 25.7 Å². The molecule has 27 heavy (non-hydrogen) atoms. The van der Waals surface area contributed by atoms with Gasteiger partial charge in [0, 0.05) is 5.75 Å². The van der Waals surface area contributed by atoms with Gasteiger partial charge in [-0.05, 0) is 37.1 Å². The van der Waals surface area contributed by atoms with Crippen LogP contribution in [0.25, 0.3) is 0 Å². The van der Waals surface area contributed by atoms with Gasteiger partial charge in [0.25, 0.3) is 0 Å².